The number of fused-ring (bicyclic) bond motifs is 3. The molecule has 1 fully saturated rings. The highest BCUT2D eigenvalue weighted by Crippen LogP contribution is 2.55. The summed E-state index contributed by atoms with van der Waals surface area (Å²) in [6, 6.07) is 5.95. The molecular weight excluding hydrogens is 230 g/mol. The number of anilines is 1. The Morgan fingerprint density at radius 2 is 2.23 bits per heavy atom. The van der Waals surface area contributed by atoms with Crippen LogP contribution in [0.2, 0.25) is 0 Å². The van der Waals surface area contributed by atoms with E-state index in [1.807, 2.05) is 18.2 Å². The maximum absolute atomic E-state index is 11.4. The molecule has 0 bridgehead atoms. The minimum atomic E-state index is 0.190. The van der Waals surface area contributed by atoms with Crippen LogP contribution >= 0.6 is 15.9 Å². The van der Waals surface area contributed by atoms with Crippen molar-refractivity contribution in [2.45, 2.75) is 12.3 Å². The highest BCUT2D eigenvalue weighted by Gasteiger charge is 2.49. The molecule has 66 valence electrons. The summed E-state index contributed by atoms with van der Waals surface area (Å²) in [5, 5.41) is 2.92. The molecule has 1 N–H and O–H groups in total. The molecule has 0 aromatic heterocycles. The van der Waals surface area contributed by atoms with Crippen molar-refractivity contribution >= 4 is 27.5 Å². The lowest BCUT2D eigenvalue weighted by Gasteiger charge is -2.16. The predicted octanol–water partition coefficient (Wildman–Crippen LogP) is 2.50. The van der Waals surface area contributed by atoms with Gasteiger partial charge in [-0.3, -0.25) is 4.79 Å². The van der Waals surface area contributed by atoms with E-state index in [4.69, 9.17) is 0 Å². The summed E-state index contributed by atoms with van der Waals surface area (Å²) < 4.78 is 1.12. The second-order valence-corrected chi connectivity index (χ2v) is 4.49. The highest BCUT2D eigenvalue weighted by atomic mass is 79.9. The number of nitrogens with one attached hydrogen (secondary N) is 1. The van der Waals surface area contributed by atoms with E-state index in [9.17, 15) is 4.79 Å². The summed E-state index contributed by atoms with van der Waals surface area (Å²) in [6.07, 6.45) is 1.02. The minimum Gasteiger partial charge on any atom is -0.326 e. The van der Waals surface area contributed by atoms with E-state index < -0.39 is 0 Å². The van der Waals surface area contributed by atoms with Gasteiger partial charge in [-0.15, -0.1) is 0 Å². The first-order valence-corrected chi connectivity index (χ1v) is 5.16. The molecular formula is C10H8BrNO. The number of hydrogen-bond donors (Lipinski definition) is 1. The normalized spacial score (nSPS) is 28.8. The predicted molar refractivity (Wildman–Crippen MR) is 53.6 cm³/mol. The highest BCUT2D eigenvalue weighted by molar-refractivity contribution is 9.10. The Hall–Kier alpha value is -0.830. The zero-order valence-electron chi connectivity index (χ0n) is 6.88. The smallest absolute Gasteiger partial charge is 0.228 e. The van der Waals surface area contributed by atoms with Gasteiger partial charge in [0.15, 0.2) is 0 Å². The Morgan fingerprint density at radius 3 is 3.08 bits per heavy atom. The van der Waals surface area contributed by atoms with Crippen molar-refractivity contribution in [3.63, 3.8) is 0 Å². The Bertz CT molecular complexity index is 402. The third kappa shape index (κ3) is 0.967. The molecule has 0 saturated heterocycles. The van der Waals surface area contributed by atoms with Crippen molar-refractivity contribution in [2.24, 2.45) is 5.92 Å². The molecule has 3 heteroatoms. The molecule has 1 saturated carbocycles. The maximum Gasteiger partial charge on any atom is 0.228 e. The Labute approximate surface area is 84.5 Å². The van der Waals surface area contributed by atoms with E-state index in [1.165, 1.54) is 5.56 Å². The average molecular weight is 238 g/mol. The van der Waals surface area contributed by atoms with E-state index in [-0.39, 0.29) is 11.8 Å². The quantitative estimate of drug-likeness (QED) is 0.739. The van der Waals surface area contributed by atoms with E-state index in [0.29, 0.717) is 5.92 Å². The van der Waals surface area contributed by atoms with E-state index in [0.717, 1.165) is 16.6 Å². The summed E-state index contributed by atoms with van der Waals surface area (Å²) in [7, 11) is 0. The van der Waals surface area contributed by atoms with Crippen molar-refractivity contribution in [2.75, 3.05) is 5.32 Å². The van der Waals surface area contributed by atoms with Crippen LogP contribution in [0, 0.1) is 5.92 Å². The van der Waals surface area contributed by atoms with Crippen LogP contribution in [0.25, 0.3) is 0 Å². The van der Waals surface area contributed by atoms with Crippen LogP contribution < -0.4 is 5.32 Å². The van der Waals surface area contributed by atoms with Crippen molar-refractivity contribution in [1.29, 1.82) is 0 Å². The Balaban J connectivity index is 2.20. The second-order valence-electron chi connectivity index (χ2n) is 3.64. The van der Waals surface area contributed by atoms with Crippen LogP contribution in [0.3, 0.4) is 0 Å². The van der Waals surface area contributed by atoms with Crippen molar-refractivity contribution < 1.29 is 4.79 Å². The SMILES string of the molecule is O=C1Nc2cccc(Br)c2[C@@H]2C[C@@H]12. The van der Waals surface area contributed by atoms with Gasteiger partial charge in [-0.1, -0.05) is 22.0 Å². The van der Waals surface area contributed by atoms with E-state index in [2.05, 4.69) is 21.2 Å². The number of carbonyl (C=O) groups is 1. The molecule has 1 aliphatic carbocycles. The molecule has 13 heavy (non-hydrogen) atoms. The molecule has 2 atom stereocenters. The monoisotopic (exact) mass is 237 g/mol. The van der Waals surface area contributed by atoms with Gasteiger partial charge >= 0.3 is 0 Å². The van der Waals surface area contributed by atoms with E-state index >= 15 is 0 Å². The van der Waals surface area contributed by atoms with Gasteiger partial charge < -0.3 is 5.32 Å². The number of amides is 1. The molecule has 1 amide bonds. The molecule has 1 heterocycles. The lowest BCUT2D eigenvalue weighted by molar-refractivity contribution is -0.117. The van der Waals surface area contributed by atoms with Crippen molar-refractivity contribution in [1.82, 2.24) is 0 Å². The van der Waals surface area contributed by atoms with Crippen LogP contribution in [0.4, 0.5) is 5.69 Å². The molecule has 0 spiro atoms. The van der Waals surface area contributed by atoms with Gasteiger partial charge in [0.05, 0.1) is 0 Å². The van der Waals surface area contributed by atoms with Crippen LogP contribution in [0.15, 0.2) is 22.7 Å². The fourth-order valence-electron chi connectivity index (χ4n) is 2.05. The van der Waals surface area contributed by atoms with Crippen molar-refractivity contribution in [3.05, 3.63) is 28.2 Å². The molecule has 3 rings (SSSR count). The molecule has 2 nitrogen and oxygen atoms in total. The fraction of sp³-hybridized carbons (Fsp3) is 0.300. The van der Waals surface area contributed by atoms with Gasteiger partial charge in [0.2, 0.25) is 5.91 Å². The molecule has 2 aliphatic rings. The largest absolute Gasteiger partial charge is 0.326 e. The summed E-state index contributed by atoms with van der Waals surface area (Å²) in [4.78, 5) is 11.4. The van der Waals surface area contributed by atoms with Gasteiger partial charge in [-0.2, -0.15) is 0 Å². The van der Waals surface area contributed by atoms with Crippen molar-refractivity contribution in [3.8, 4) is 0 Å². The van der Waals surface area contributed by atoms with Crippen LogP contribution in [0.1, 0.15) is 17.9 Å². The molecule has 1 aromatic rings. The van der Waals surface area contributed by atoms with Crippen LogP contribution in [-0.2, 0) is 4.79 Å². The van der Waals surface area contributed by atoms with Gasteiger partial charge in [-0.05, 0) is 30.0 Å². The lowest BCUT2D eigenvalue weighted by Crippen LogP contribution is -2.19. The number of rotatable bonds is 0. The zero-order valence-corrected chi connectivity index (χ0v) is 8.47. The number of benzene rings is 1. The van der Waals surface area contributed by atoms with Gasteiger partial charge in [0, 0.05) is 16.1 Å². The molecule has 1 aliphatic heterocycles. The summed E-state index contributed by atoms with van der Waals surface area (Å²) in [6.45, 7) is 0. The Morgan fingerprint density at radius 1 is 1.38 bits per heavy atom. The molecule has 1 aromatic carbocycles. The van der Waals surface area contributed by atoms with Gasteiger partial charge in [0.25, 0.3) is 0 Å². The standard InChI is InChI=1S/C10H8BrNO/c11-7-2-1-3-8-9(7)5-4-6(5)10(13)12-8/h1-3,5-6H,4H2,(H,12,13)/t5-,6-/m1/s1. The fourth-order valence-corrected chi connectivity index (χ4v) is 2.71. The van der Waals surface area contributed by atoms with E-state index in [1.54, 1.807) is 0 Å². The van der Waals surface area contributed by atoms with Crippen LogP contribution in [0.5, 0.6) is 0 Å². The molecule has 0 unspecified atom stereocenters. The van der Waals surface area contributed by atoms with Crippen LogP contribution in [-0.4, -0.2) is 5.91 Å². The molecule has 0 radical (unpaired) electrons. The first kappa shape index (κ1) is 7.56. The minimum absolute atomic E-state index is 0.190. The topological polar surface area (TPSA) is 29.1 Å². The third-order valence-electron chi connectivity index (χ3n) is 2.81. The average Bonchev–Trinajstić information content (AvgIpc) is 2.83. The second kappa shape index (κ2) is 2.35. The van der Waals surface area contributed by atoms with Gasteiger partial charge in [0.1, 0.15) is 0 Å². The maximum atomic E-state index is 11.4. The summed E-state index contributed by atoms with van der Waals surface area (Å²) in [5.74, 6) is 0.904. The number of halogens is 1. The lowest BCUT2D eigenvalue weighted by atomic mass is 10.0. The number of hydrogen-bond acceptors (Lipinski definition) is 1. The zero-order chi connectivity index (χ0) is 9.00. The first-order chi connectivity index (χ1) is 6.27. The first-order valence-electron chi connectivity index (χ1n) is 4.36. The Kier molecular flexibility index (Phi) is 1.37. The summed E-state index contributed by atoms with van der Waals surface area (Å²) in [5.41, 5.74) is 2.27. The number of carbonyl (C=O) groups excluding carboxylic acids is 1. The summed E-state index contributed by atoms with van der Waals surface area (Å²) >= 11 is 3.52. The van der Waals surface area contributed by atoms with Gasteiger partial charge in [-0.25, -0.2) is 0 Å². The third-order valence-corrected chi connectivity index (χ3v) is 3.50.